The number of anilines is 2. The number of carboxylic acids is 1. The monoisotopic (exact) mass is 772 g/mol. The molecule has 1 unspecified atom stereocenters. The first-order chi connectivity index (χ1) is 26.9. The number of hydrogen-bond acceptors (Lipinski definition) is 11. The predicted molar refractivity (Wildman–Crippen MR) is 209 cm³/mol. The molecular formula is C39H49FN10O6. The van der Waals surface area contributed by atoms with Crippen molar-refractivity contribution in [2.45, 2.75) is 69.6 Å². The van der Waals surface area contributed by atoms with Crippen LogP contribution in [0.15, 0.2) is 61.6 Å². The fraction of sp³-hybridized carbons (Fsp3) is 0.385. The summed E-state index contributed by atoms with van der Waals surface area (Å²) in [5, 5.41) is 23.5. The predicted octanol–water partition coefficient (Wildman–Crippen LogP) is 2.53. The van der Waals surface area contributed by atoms with Crippen LogP contribution in [0.4, 0.5) is 15.9 Å². The van der Waals surface area contributed by atoms with Crippen LogP contribution < -0.4 is 42.8 Å². The lowest BCUT2D eigenvalue weighted by atomic mass is 10.0. The molecule has 4 aromatic rings. The average Bonchev–Trinajstić information content (AvgIpc) is 3.77. The third kappa shape index (κ3) is 10.2. The first-order valence-electron chi connectivity index (χ1n) is 18.4. The van der Waals surface area contributed by atoms with E-state index in [2.05, 4.69) is 43.1 Å². The average molecular weight is 773 g/mol. The number of nitrogens with zero attached hydrogens (tertiary/aromatic N) is 3. The lowest BCUT2D eigenvalue weighted by molar-refractivity contribution is -0.137. The summed E-state index contributed by atoms with van der Waals surface area (Å²) in [7, 11) is 1.42. The van der Waals surface area contributed by atoms with Crippen LogP contribution in [0.5, 0.6) is 5.75 Å². The summed E-state index contributed by atoms with van der Waals surface area (Å²) >= 11 is 0. The summed E-state index contributed by atoms with van der Waals surface area (Å²) in [4.78, 5) is 58.8. The number of nitrogens with two attached hydrogens (primary N) is 2. The Morgan fingerprint density at radius 2 is 1.89 bits per heavy atom. The van der Waals surface area contributed by atoms with E-state index in [0.29, 0.717) is 58.8 Å². The summed E-state index contributed by atoms with van der Waals surface area (Å²) in [5.41, 5.74) is 15.6. The van der Waals surface area contributed by atoms with Gasteiger partial charge in [-0.15, -0.1) is 6.58 Å². The van der Waals surface area contributed by atoms with Gasteiger partial charge in [-0.2, -0.15) is 0 Å². The fourth-order valence-electron chi connectivity index (χ4n) is 6.11. The zero-order valence-electron chi connectivity index (χ0n) is 31.5. The van der Waals surface area contributed by atoms with E-state index in [-0.39, 0.29) is 44.1 Å². The van der Waals surface area contributed by atoms with Crippen LogP contribution in [-0.2, 0) is 27.2 Å². The number of aryl methyl sites for hydroxylation is 1. The van der Waals surface area contributed by atoms with Crippen molar-refractivity contribution in [1.82, 2.24) is 35.6 Å². The fourth-order valence-corrected chi connectivity index (χ4v) is 6.11. The molecule has 16 nitrogen and oxygen atoms in total. The van der Waals surface area contributed by atoms with Crippen LogP contribution in [0, 0.1) is 5.82 Å². The summed E-state index contributed by atoms with van der Waals surface area (Å²) in [5.74, 6) is -2.30. The van der Waals surface area contributed by atoms with Crippen molar-refractivity contribution in [1.29, 1.82) is 0 Å². The number of benzene rings is 2. The summed E-state index contributed by atoms with van der Waals surface area (Å²) in [6.45, 7) is 6.27. The molecule has 2 heterocycles. The third-order valence-corrected chi connectivity index (χ3v) is 9.50. The van der Waals surface area contributed by atoms with Crippen LogP contribution >= 0.6 is 0 Å². The standard InChI is InChI=1S/C39H49FN10O6/c1-4-7-27-26(10-12-31(56-3)33(27)40)30-22-46-35-34(43-18-19-50(30)35)48-24-8-9-25(23(5-2)20-24)36(53)44-16-6-17-45-38(55)29(21-47-39(42)14-15-39)49-37(54)28(41)11-13-32(51)52/h4,8-10,12,18-20,22,28-29,47H,1,5-7,11,13-17,21,41-42H2,2-3H3,(H,43,48)(H,44,53)(H,45,55)(H,49,54)(H,51,52)/t28-,29?/m0/s1. The van der Waals surface area contributed by atoms with Crippen LogP contribution in [-0.4, -0.2) is 87.7 Å². The molecule has 1 saturated carbocycles. The van der Waals surface area contributed by atoms with Gasteiger partial charge in [0, 0.05) is 60.8 Å². The lowest BCUT2D eigenvalue weighted by Gasteiger charge is -2.23. The van der Waals surface area contributed by atoms with Crippen molar-refractivity contribution in [3.63, 3.8) is 0 Å². The highest BCUT2D eigenvalue weighted by Crippen LogP contribution is 2.33. The Morgan fingerprint density at radius 3 is 2.59 bits per heavy atom. The Balaban J connectivity index is 1.17. The van der Waals surface area contributed by atoms with E-state index in [1.807, 2.05) is 17.4 Å². The van der Waals surface area contributed by atoms with Gasteiger partial charge in [-0.05, 0) is 74.4 Å². The molecule has 3 amide bonds. The Kier molecular flexibility index (Phi) is 13.7. The highest BCUT2D eigenvalue weighted by atomic mass is 19.1. The van der Waals surface area contributed by atoms with E-state index >= 15 is 4.39 Å². The summed E-state index contributed by atoms with van der Waals surface area (Å²) in [6, 6.07) is 6.66. The minimum absolute atomic E-state index is 0.0668. The van der Waals surface area contributed by atoms with Crippen molar-refractivity contribution in [3.05, 3.63) is 84.1 Å². The van der Waals surface area contributed by atoms with Gasteiger partial charge in [-0.25, -0.2) is 14.4 Å². The number of carbonyl (C=O) groups is 4. The third-order valence-electron chi connectivity index (χ3n) is 9.50. The van der Waals surface area contributed by atoms with Gasteiger partial charge in [0.2, 0.25) is 11.8 Å². The molecular weight excluding hydrogens is 723 g/mol. The Morgan fingerprint density at radius 1 is 1.12 bits per heavy atom. The maximum Gasteiger partial charge on any atom is 0.303 e. The van der Waals surface area contributed by atoms with E-state index < -0.39 is 41.3 Å². The van der Waals surface area contributed by atoms with Gasteiger partial charge in [-0.3, -0.25) is 28.9 Å². The number of carboxylic acid groups (broad SMARTS) is 1. The number of aromatic nitrogens is 3. The Hall–Kier alpha value is -5.91. The number of carbonyl (C=O) groups excluding carboxylic acids is 3. The van der Waals surface area contributed by atoms with E-state index in [0.717, 1.165) is 18.4 Å². The van der Waals surface area contributed by atoms with Gasteiger partial charge in [0.15, 0.2) is 23.0 Å². The molecule has 0 aliphatic heterocycles. The smallest absolute Gasteiger partial charge is 0.303 e. The first-order valence-corrected chi connectivity index (χ1v) is 18.4. The zero-order valence-corrected chi connectivity index (χ0v) is 31.5. The van der Waals surface area contributed by atoms with Crippen molar-refractivity contribution in [2.75, 3.05) is 32.1 Å². The van der Waals surface area contributed by atoms with Crippen molar-refractivity contribution in [3.8, 4) is 17.0 Å². The summed E-state index contributed by atoms with van der Waals surface area (Å²) in [6.07, 6.45) is 9.06. The van der Waals surface area contributed by atoms with Gasteiger partial charge in [0.25, 0.3) is 5.91 Å². The van der Waals surface area contributed by atoms with Gasteiger partial charge >= 0.3 is 5.97 Å². The number of amides is 3. The van der Waals surface area contributed by atoms with Gasteiger partial charge in [0.05, 0.1) is 30.7 Å². The molecule has 0 bridgehead atoms. The normalized spacial score (nSPS) is 14.0. The quantitative estimate of drug-likeness (QED) is 0.0346. The molecule has 1 fully saturated rings. The van der Waals surface area contributed by atoms with Gasteiger partial charge < -0.3 is 42.6 Å². The number of nitrogens with one attached hydrogen (secondary N) is 5. The molecule has 0 spiro atoms. The number of methoxy groups -OCH3 is 1. The molecule has 0 radical (unpaired) electrons. The number of aliphatic carboxylic acids is 1. The number of hydrogen-bond donors (Lipinski definition) is 8. The van der Waals surface area contributed by atoms with E-state index in [1.54, 1.807) is 48.9 Å². The molecule has 298 valence electrons. The van der Waals surface area contributed by atoms with E-state index in [9.17, 15) is 19.2 Å². The first kappa shape index (κ1) is 41.3. The highest BCUT2D eigenvalue weighted by molar-refractivity contribution is 5.96. The maximum atomic E-state index is 15.2. The SMILES string of the molecule is C=CCc1c(-c2cnc3c(Nc4ccc(C(=O)NCCCNC(=O)C(CNC5(N)CC5)NC(=O)[C@@H](N)CCC(=O)O)c(CC)c4)nccn23)ccc(OC)c1F. The summed E-state index contributed by atoms with van der Waals surface area (Å²) < 4.78 is 22.3. The lowest BCUT2D eigenvalue weighted by Crippen LogP contribution is -2.57. The second-order valence-corrected chi connectivity index (χ2v) is 13.6. The number of halogens is 1. The molecule has 1 aliphatic carbocycles. The number of allylic oxidation sites excluding steroid dienone is 1. The van der Waals surface area contributed by atoms with Crippen LogP contribution in [0.2, 0.25) is 0 Å². The number of fused-ring (bicyclic) bond motifs is 1. The molecule has 56 heavy (non-hydrogen) atoms. The Labute approximate surface area is 323 Å². The molecule has 0 saturated heterocycles. The van der Waals surface area contributed by atoms with E-state index in [1.165, 1.54) is 7.11 Å². The van der Waals surface area contributed by atoms with E-state index in [4.69, 9.17) is 21.3 Å². The topological polar surface area (TPSA) is 240 Å². The largest absolute Gasteiger partial charge is 0.494 e. The molecule has 5 rings (SSSR count). The number of rotatable bonds is 21. The molecule has 2 aromatic heterocycles. The second kappa shape index (κ2) is 18.6. The molecule has 10 N–H and O–H groups in total. The van der Waals surface area contributed by atoms with Crippen molar-refractivity contribution < 1.29 is 33.4 Å². The molecule has 17 heteroatoms. The van der Waals surface area contributed by atoms with Gasteiger partial charge in [-0.1, -0.05) is 13.0 Å². The van der Waals surface area contributed by atoms with Crippen molar-refractivity contribution in [2.24, 2.45) is 11.5 Å². The number of ether oxygens (including phenoxy) is 1. The number of imidazole rings is 1. The maximum absolute atomic E-state index is 15.2. The van der Waals surface area contributed by atoms with Gasteiger partial charge in [0.1, 0.15) is 6.04 Å². The molecule has 2 aromatic carbocycles. The molecule has 2 atom stereocenters. The van der Waals surface area contributed by atoms with Crippen molar-refractivity contribution >= 4 is 40.8 Å². The minimum atomic E-state index is -1.09. The van der Waals surface area contributed by atoms with Crippen LogP contribution in [0.1, 0.15) is 60.5 Å². The molecule has 1 aliphatic rings. The van der Waals surface area contributed by atoms with Crippen LogP contribution in [0.3, 0.4) is 0 Å². The second-order valence-electron chi connectivity index (χ2n) is 13.6. The highest BCUT2D eigenvalue weighted by Gasteiger charge is 2.39. The Bertz CT molecular complexity index is 2080. The minimum Gasteiger partial charge on any atom is -0.494 e. The van der Waals surface area contributed by atoms with Crippen LogP contribution in [0.25, 0.3) is 16.9 Å². The zero-order chi connectivity index (χ0) is 40.4.